The van der Waals surface area contributed by atoms with E-state index in [4.69, 9.17) is 22.1 Å². The van der Waals surface area contributed by atoms with Crippen molar-refractivity contribution in [2.75, 3.05) is 0 Å². The summed E-state index contributed by atoms with van der Waals surface area (Å²) in [5.74, 6) is -2.22. The van der Waals surface area contributed by atoms with Crippen molar-refractivity contribution in [3.63, 3.8) is 0 Å². The average Bonchev–Trinajstić information content (AvgIpc) is 3.48. The van der Waals surface area contributed by atoms with E-state index in [1.807, 2.05) is 56.3 Å². The van der Waals surface area contributed by atoms with E-state index in [2.05, 4.69) is 5.32 Å². The summed E-state index contributed by atoms with van der Waals surface area (Å²) in [6.45, 7) is 4.93. The summed E-state index contributed by atoms with van der Waals surface area (Å²) in [6, 6.07) is 18.0. The summed E-state index contributed by atoms with van der Waals surface area (Å²) in [7, 11) is 0. The van der Waals surface area contributed by atoms with Gasteiger partial charge in [-0.3, -0.25) is 4.79 Å². The Morgan fingerprint density at radius 2 is 1.55 bits per heavy atom. The summed E-state index contributed by atoms with van der Waals surface area (Å²) in [6.07, 6.45) is -0.638. The minimum Gasteiger partial charge on any atom is -0.356 e. The number of nitrogens with two attached hydrogens (primary N) is 1. The van der Waals surface area contributed by atoms with E-state index in [0.717, 1.165) is 44.5 Å². The first-order valence-electron chi connectivity index (χ1n) is 12.4. The van der Waals surface area contributed by atoms with E-state index in [1.54, 1.807) is 6.07 Å². The van der Waals surface area contributed by atoms with E-state index in [9.17, 15) is 13.6 Å². The highest BCUT2D eigenvalue weighted by molar-refractivity contribution is 6.30. The first-order chi connectivity index (χ1) is 18.3. The first-order valence-corrected chi connectivity index (χ1v) is 12.8. The van der Waals surface area contributed by atoms with Crippen LogP contribution < -0.4 is 11.1 Å². The van der Waals surface area contributed by atoms with Gasteiger partial charge >= 0.3 is 0 Å². The van der Waals surface area contributed by atoms with Crippen LogP contribution in [0.2, 0.25) is 5.02 Å². The zero-order valence-electron chi connectivity index (χ0n) is 20.9. The summed E-state index contributed by atoms with van der Waals surface area (Å²) >= 11 is 5.73. The molecule has 0 fully saturated rings. The molecule has 38 heavy (non-hydrogen) atoms. The molecular formula is C31H25ClF2N2O2. The van der Waals surface area contributed by atoms with Crippen molar-refractivity contribution in [2.45, 2.75) is 39.1 Å². The molecule has 0 radical (unpaired) electrons. The van der Waals surface area contributed by atoms with Gasteiger partial charge in [0.15, 0.2) is 11.6 Å². The number of benzene rings is 4. The summed E-state index contributed by atoms with van der Waals surface area (Å²) in [5.41, 5.74) is 15.1. The van der Waals surface area contributed by atoms with E-state index in [1.165, 1.54) is 12.1 Å². The van der Waals surface area contributed by atoms with Gasteiger partial charge in [-0.05, 0) is 94.3 Å². The normalized spacial score (nSPS) is 16.9. The number of fused-ring (bicyclic) bond motifs is 8. The van der Waals surface area contributed by atoms with Crippen molar-refractivity contribution in [3.8, 4) is 11.1 Å². The number of nitrogens with one attached hydrogen (secondary N) is 1. The van der Waals surface area contributed by atoms with Gasteiger partial charge in [0.25, 0.3) is 5.91 Å². The molecule has 3 N–H and O–H groups in total. The second-order valence-corrected chi connectivity index (χ2v) is 10.3. The lowest BCUT2D eigenvalue weighted by atomic mass is 9.83. The van der Waals surface area contributed by atoms with Gasteiger partial charge in [0.2, 0.25) is 0 Å². The molecule has 7 heteroatoms. The molecular weight excluding hydrogens is 506 g/mol. The van der Waals surface area contributed by atoms with Crippen molar-refractivity contribution in [1.82, 2.24) is 5.32 Å². The number of hydrogen-bond donors (Lipinski definition) is 2. The lowest BCUT2D eigenvalue weighted by molar-refractivity contribution is 0.0857. The standard InChI is InChI=1S/C31H25ClF2N2O2/c1-15-9-17(13-35)10-16(2)25(15)14-36-31(37)19-4-6-22-24(12-19)30-23-11-18(3-5-21(23)29(22)38-30)20-7-8-26(32)28(34)27(20)33/h3-12,29-30H,13-14,35H2,1-2H3,(H,36,37). The van der Waals surface area contributed by atoms with Crippen LogP contribution in [0, 0.1) is 25.5 Å². The monoisotopic (exact) mass is 530 g/mol. The highest BCUT2D eigenvalue weighted by Gasteiger charge is 2.43. The van der Waals surface area contributed by atoms with E-state index < -0.39 is 11.6 Å². The Bertz CT molecular complexity index is 1610. The van der Waals surface area contributed by atoms with Crippen LogP contribution in [-0.2, 0) is 17.8 Å². The second kappa shape index (κ2) is 9.31. The van der Waals surface area contributed by atoms with Crippen molar-refractivity contribution < 1.29 is 18.3 Å². The highest BCUT2D eigenvalue weighted by atomic mass is 35.5. The fourth-order valence-electron chi connectivity index (χ4n) is 5.65. The summed E-state index contributed by atoms with van der Waals surface area (Å²) in [5, 5.41) is 2.78. The van der Waals surface area contributed by atoms with Gasteiger partial charge in [-0.25, -0.2) is 8.78 Å². The Morgan fingerprint density at radius 1 is 0.895 bits per heavy atom. The third-order valence-corrected chi connectivity index (χ3v) is 7.89. The minimum atomic E-state index is -1.07. The van der Waals surface area contributed by atoms with Crippen molar-refractivity contribution in [1.29, 1.82) is 0 Å². The maximum Gasteiger partial charge on any atom is 0.251 e. The third kappa shape index (κ3) is 3.91. The Balaban J connectivity index is 1.26. The number of ether oxygens (including phenoxy) is 1. The first kappa shape index (κ1) is 24.7. The second-order valence-electron chi connectivity index (χ2n) is 9.90. The van der Waals surface area contributed by atoms with Crippen molar-refractivity contribution >= 4 is 17.5 Å². The lowest BCUT2D eigenvalue weighted by Gasteiger charge is -2.18. The molecule has 2 unspecified atom stereocenters. The van der Waals surface area contributed by atoms with Crippen molar-refractivity contribution in [3.05, 3.63) is 127 Å². The molecule has 0 aliphatic carbocycles. The average molecular weight is 531 g/mol. The van der Waals surface area contributed by atoms with Gasteiger partial charge in [-0.1, -0.05) is 41.9 Å². The molecule has 0 aromatic heterocycles. The molecule has 6 rings (SSSR count). The molecule has 2 aliphatic rings. The van der Waals surface area contributed by atoms with Crippen LogP contribution in [0.15, 0.2) is 60.7 Å². The van der Waals surface area contributed by atoms with Gasteiger partial charge in [-0.2, -0.15) is 0 Å². The Hall–Kier alpha value is -3.58. The van der Waals surface area contributed by atoms with Gasteiger partial charge in [-0.15, -0.1) is 0 Å². The predicted octanol–water partition coefficient (Wildman–Crippen LogP) is 6.81. The molecule has 192 valence electrons. The third-order valence-electron chi connectivity index (χ3n) is 7.60. The van der Waals surface area contributed by atoms with Crippen LogP contribution in [0.25, 0.3) is 11.1 Å². The van der Waals surface area contributed by atoms with Crippen LogP contribution >= 0.6 is 11.6 Å². The van der Waals surface area contributed by atoms with Crippen LogP contribution in [0.3, 0.4) is 0 Å². The van der Waals surface area contributed by atoms with Gasteiger partial charge in [0.1, 0.15) is 12.2 Å². The van der Waals surface area contributed by atoms with E-state index in [0.29, 0.717) is 24.2 Å². The molecule has 0 saturated heterocycles. The zero-order valence-corrected chi connectivity index (χ0v) is 21.6. The van der Waals surface area contributed by atoms with Gasteiger partial charge in [0.05, 0.1) is 5.02 Å². The molecule has 4 aromatic rings. The molecule has 4 aromatic carbocycles. The number of hydrogen-bond acceptors (Lipinski definition) is 3. The molecule has 1 amide bonds. The smallest absolute Gasteiger partial charge is 0.251 e. The number of carbonyl (C=O) groups excluding carboxylic acids is 1. The topological polar surface area (TPSA) is 64.3 Å². The fraction of sp³-hybridized carbons (Fsp3) is 0.194. The van der Waals surface area contributed by atoms with Crippen molar-refractivity contribution in [2.24, 2.45) is 5.73 Å². The van der Waals surface area contributed by atoms with Gasteiger partial charge in [0, 0.05) is 24.2 Å². The van der Waals surface area contributed by atoms with Crippen LogP contribution in [0.5, 0.6) is 0 Å². The van der Waals surface area contributed by atoms with Gasteiger partial charge < -0.3 is 15.8 Å². The Morgan fingerprint density at radius 3 is 2.26 bits per heavy atom. The lowest BCUT2D eigenvalue weighted by Crippen LogP contribution is -2.24. The summed E-state index contributed by atoms with van der Waals surface area (Å²) < 4.78 is 35.0. The number of carbonyl (C=O) groups is 1. The quantitative estimate of drug-likeness (QED) is 0.278. The zero-order chi connectivity index (χ0) is 26.7. The van der Waals surface area contributed by atoms with E-state index >= 15 is 0 Å². The molecule has 4 nitrogen and oxygen atoms in total. The fourth-order valence-corrected chi connectivity index (χ4v) is 5.80. The van der Waals surface area contributed by atoms with Crippen LogP contribution in [0.4, 0.5) is 8.78 Å². The summed E-state index contributed by atoms with van der Waals surface area (Å²) in [4.78, 5) is 13.1. The highest BCUT2D eigenvalue weighted by Crippen LogP contribution is 2.55. The Labute approximate surface area is 224 Å². The SMILES string of the molecule is Cc1cc(CN)cc(C)c1CNC(=O)c1ccc2c(c1)C1OC2c2ccc(-c3ccc(Cl)c(F)c3F)cc21. The van der Waals surface area contributed by atoms with Crippen LogP contribution in [0.1, 0.15) is 67.1 Å². The molecule has 0 spiro atoms. The largest absolute Gasteiger partial charge is 0.356 e. The Kier molecular flexibility index (Phi) is 6.06. The molecule has 0 saturated carbocycles. The predicted molar refractivity (Wildman–Crippen MR) is 143 cm³/mol. The molecule has 2 aliphatic heterocycles. The molecule has 2 heterocycles. The van der Waals surface area contributed by atoms with Crippen LogP contribution in [-0.4, -0.2) is 5.91 Å². The maximum atomic E-state index is 14.6. The molecule has 2 bridgehead atoms. The maximum absolute atomic E-state index is 14.6. The number of amides is 1. The number of halogens is 3. The number of rotatable bonds is 5. The van der Waals surface area contributed by atoms with E-state index in [-0.39, 0.29) is 28.7 Å². The molecule has 2 atom stereocenters. The minimum absolute atomic E-state index is 0.135. The number of aryl methyl sites for hydroxylation is 2.